The van der Waals surface area contributed by atoms with Crippen LogP contribution < -0.4 is 9.88 Å². The number of sulfonamides is 2. The number of hydrogen-bond acceptors (Lipinski definition) is 11. The molecule has 0 radical (unpaired) electrons. The van der Waals surface area contributed by atoms with Crippen molar-refractivity contribution in [1.29, 1.82) is 0 Å². The second-order valence-corrected chi connectivity index (χ2v) is 13.8. The third-order valence-electron chi connectivity index (χ3n) is 5.99. The molecule has 1 aromatic carbocycles. The average molecular weight is 630 g/mol. The summed E-state index contributed by atoms with van der Waals surface area (Å²) in [5.41, 5.74) is 0.554. The van der Waals surface area contributed by atoms with E-state index in [0.717, 1.165) is 6.92 Å². The highest BCUT2D eigenvalue weighted by atomic mass is 32.3. The summed E-state index contributed by atoms with van der Waals surface area (Å²) in [6.45, 7) is 2.76. The van der Waals surface area contributed by atoms with Crippen molar-refractivity contribution in [2.75, 3.05) is 40.0 Å². The summed E-state index contributed by atoms with van der Waals surface area (Å²) in [6, 6.07) is 6.80. The third-order valence-corrected chi connectivity index (χ3v) is 11.0. The van der Waals surface area contributed by atoms with Crippen LogP contribution in [0.4, 0.5) is 0 Å². The largest absolute Gasteiger partial charge is 0.454 e. The van der Waals surface area contributed by atoms with E-state index in [0.29, 0.717) is 29.9 Å². The number of rotatable bonds is 12. The first-order valence-corrected chi connectivity index (χ1v) is 16.2. The molecule has 0 spiro atoms. The first kappa shape index (κ1) is 32.4. The summed E-state index contributed by atoms with van der Waals surface area (Å²) < 4.78 is 66.5. The average Bonchev–Trinajstić information content (AvgIpc) is 3.37. The van der Waals surface area contributed by atoms with Gasteiger partial charge in [0.25, 0.3) is 10.0 Å². The lowest BCUT2D eigenvalue weighted by Crippen LogP contribution is -2.46. The maximum absolute atomic E-state index is 13.4. The van der Waals surface area contributed by atoms with Gasteiger partial charge in [0.15, 0.2) is 6.61 Å². The van der Waals surface area contributed by atoms with Crippen molar-refractivity contribution in [3.63, 3.8) is 0 Å². The summed E-state index contributed by atoms with van der Waals surface area (Å²) in [7, 11) is -6.76. The molecule has 0 saturated heterocycles. The van der Waals surface area contributed by atoms with E-state index in [1.165, 1.54) is 40.6 Å². The van der Waals surface area contributed by atoms with Gasteiger partial charge in [0.05, 0.1) is 6.04 Å². The number of hydrogen-bond donors (Lipinski definition) is 1. The van der Waals surface area contributed by atoms with Crippen LogP contribution in [0.15, 0.2) is 44.8 Å². The Balaban J connectivity index is 1.93. The number of primary sulfonamides is 1. The van der Waals surface area contributed by atoms with Crippen LogP contribution in [0.1, 0.15) is 37.4 Å². The van der Waals surface area contributed by atoms with E-state index in [2.05, 4.69) is 4.74 Å². The fraction of sp³-hybridized carbons (Fsp3) is 0.400. The molecule has 1 aliphatic heterocycles. The van der Waals surface area contributed by atoms with Crippen LogP contribution in [-0.2, 0) is 43.9 Å². The van der Waals surface area contributed by atoms with Gasteiger partial charge in [-0.05, 0) is 31.6 Å². The third kappa shape index (κ3) is 7.99. The molecule has 0 bridgehead atoms. The molecule has 2 N–H and O–H groups in total. The molecule has 2 heterocycles. The van der Waals surface area contributed by atoms with E-state index in [-0.39, 0.29) is 39.4 Å². The molecule has 2 aromatic rings. The fourth-order valence-corrected chi connectivity index (χ4v) is 8.41. The minimum absolute atomic E-state index is 0.0996. The Morgan fingerprint density at radius 3 is 2.59 bits per heavy atom. The molecule has 0 unspecified atom stereocenters. The summed E-state index contributed by atoms with van der Waals surface area (Å²) in [5, 5.41) is 5.30. The fourth-order valence-electron chi connectivity index (χ4n) is 4.12. The van der Waals surface area contributed by atoms with Gasteiger partial charge in [0.1, 0.15) is 14.2 Å². The number of thiophene rings is 1. The van der Waals surface area contributed by atoms with E-state index in [1.54, 1.807) is 25.1 Å². The standard InChI is InChI=1S/C25H31N3O10S3/c1-4-28(22(30)11-10-18-8-5-6-9-21(18)38-23(31)16-37-17(2)29)20-15-27(12-7-13-36-3)41(34,35)25-19(20)14-24(39-25)40(26,32)33/h5-6,8-11,14,20H,4,7,12-13,15-16H2,1-3H3,(H2,26,32,33)/b11-10+/t20-/m0/s1. The van der Waals surface area contributed by atoms with E-state index >= 15 is 0 Å². The van der Waals surface area contributed by atoms with Gasteiger partial charge in [-0.1, -0.05) is 18.2 Å². The van der Waals surface area contributed by atoms with E-state index in [9.17, 15) is 31.2 Å². The Labute approximate surface area is 242 Å². The molecule has 1 amide bonds. The number of carbonyl (C=O) groups is 3. The SMILES string of the molecule is CCN(C(=O)/C=C/c1ccccc1OC(=O)COC(C)=O)[C@H]1CN(CCCOC)S(=O)(=O)c2sc(S(N)(=O)=O)cc21. The van der Waals surface area contributed by atoms with Gasteiger partial charge < -0.3 is 19.1 Å². The Morgan fingerprint density at radius 2 is 1.95 bits per heavy atom. The molecule has 1 atom stereocenters. The molecule has 13 nitrogen and oxygen atoms in total. The van der Waals surface area contributed by atoms with Crippen LogP contribution in [0.25, 0.3) is 6.08 Å². The summed E-state index contributed by atoms with van der Waals surface area (Å²) in [5.74, 6) is -1.82. The zero-order valence-electron chi connectivity index (χ0n) is 22.6. The van der Waals surface area contributed by atoms with E-state index < -0.39 is 50.5 Å². The topological polar surface area (TPSA) is 180 Å². The molecule has 0 saturated carbocycles. The number of para-hydroxylation sites is 1. The Bertz CT molecular complexity index is 1530. The number of nitrogens with zero attached hydrogens (tertiary/aromatic N) is 2. The van der Waals surface area contributed by atoms with Crippen LogP contribution in [0, 0.1) is 0 Å². The molecule has 1 aromatic heterocycles. The Morgan fingerprint density at radius 1 is 1.24 bits per heavy atom. The minimum atomic E-state index is -4.20. The predicted octanol–water partition coefficient (Wildman–Crippen LogP) is 1.51. The van der Waals surface area contributed by atoms with Crippen LogP contribution in [-0.4, -0.2) is 83.8 Å². The van der Waals surface area contributed by atoms with Crippen LogP contribution in [0.3, 0.4) is 0 Å². The maximum Gasteiger partial charge on any atom is 0.349 e. The molecule has 224 valence electrons. The highest BCUT2D eigenvalue weighted by Crippen LogP contribution is 2.42. The van der Waals surface area contributed by atoms with Gasteiger partial charge in [-0.2, -0.15) is 4.31 Å². The molecule has 0 aliphatic carbocycles. The van der Waals surface area contributed by atoms with Gasteiger partial charge in [-0.25, -0.2) is 26.8 Å². The second kappa shape index (κ2) is 13.7. The van der Waals surface area contributed by atoms with Crippen molar-refractivity contribution >= 4 is 55.3 Å². The Hall–Kier alpha value is -3.15. The smallest absolute Gasteiger partial charge is 0.349 e. The molecule has 3 rings (SSSR count). The maximum atomic E-state index is 13.4. The first-order chi connectivity index (χ1) is 19.3. The summed E-state index contributed by atoms with van der Waals surface area (Å²) in [4.78, 5) is 37.8. The van der Waals surface area contributed by atoms with Crippen molar-refractivity contribution in [3.05, 3.63) is 47.5 Å². The number of ether oxygens (including phenoxy) is 3. The molecule has 0 fully saturated rings. The van der Waals surface area contributed by atoms with Crippen molar-refractivity contribution in [2.24, 2.45) is 5.14 Å². The molecular formula is C25H31N3O10S3. The molecule has 1 aliphatic rings. The highest BCUT2D eigenvalue weighted by molar-refractivity contribution is 7.94. The van der Waals surface area contributed by atoms with Crippen molar-refractivity contribution in [2.45, 2.75) is 34.7 Å². The van der Waals surface area contributed by atoms with E-state index in [4.69, 9.17) is 14.6 Å². The first-order valence-electron chi connectivity index (χ1n) is 12.4. The number of methoxy groups -OCH3 is 1. The predicted molar refractivity (Wildman–Crippen MR) is 149 cm³/mol. The van der Waals surface area contributed by atoms with Crippen molar-refractivity contribution < 1.29 is 45.4 Å². The summed E-state index contributed by atoms with van der Waals surface area (Å²) >= 11 is 0.549. The van der Waals surface area contributed by atoms with Gasteiger partial charge >= 0.3 is 11.9 Å². The van der Waals surface area contributed by atoms with Crippen LogP contribution >= 0.6 is 11.3 Å². The monoisotopic (exact) mass is 629 g/mol. The number of benzene rings is 1. The van der Waals surface area contributed by atoms with Gasteiger partial charge in [-0.3, -0.25) is 9.59 Å². The van der Waals surface area contributed by atoms with Crippen molar-refractivity contribution in [3.8, 4) is 5.75 Å². The van der Waals surface area contributed by atoms with E-state index in [1.807, 2.05) is 0 Å². The number of likely N-dealkylation sites (N-methyl/N-ethyl adjacent to an activating group) is 1. The lowest BCUT2D eigenvalue weighted by molar-refractivity contribution is -0.152. The van der Waals surface area contributed by atoms with Crippen molar-refractivity contribution in [1.82, 2.24) is 9.21 Å². The number of esters is 2. The zero-order valence-corrected chi connectivity index (χ0v) is 25.1. The summed E-state index contributed by atoms with van der Waals surface area (Å²) in [6.07, 6.45) is 3.06. The van der Waals surface area contributed by atoms with Gasteiger partial charge in [-0.15, -0.1) is 11.3 Å². The van der Waals surface area contributed by atoms with Crippen LogP contribution in [0.5, 0.6) is 5.75 Å². The van der Waals surface area contributed by atoms with Crippen LogP contribution in [0.2, 0.25) is 0 Å². The van der Waals surface area contributed by atoms with Gasteiger partial charge in [0, 0.05) is 57.5 Å². The number of nitrogens with two attached hydrogens (primary N) is 1. The quantitative estimate of drug-likeness (QED) is 0.156. The molecule has 16 heteroatoms. The minimum Gasteiger partial charge on any atom is -0.454 e. The second-order valence-electron chi connectivity index (χ2n) is 8.83. The normalized spacial score (nSPS) is 16.7. The lowest BCUT2D eigenvalue weighted by Gasteiger charge is -2.38. The lowest BCUT2D eigenvalue weighted by atomic mass is 10.1. The number of fused-ring (bicyclic) bond motifs is 1. The number of carbonyl (C=O) groups excluding carboxylic acids is 3. The molecular weight excluding hydrogens is 598 g/mol. The Kier molecular flexibility index (Phi) is 10.8. The number of amides is 1. The van der Waals surface area contributed by atoms with Gasteiger partial charge in [0.2, 0.25) is 15.9 Å². The molecule has 41 heavy (non-hydrogen) atoms. The zero-order chi connectivity index (χ0) is 30.4. The highest BCUT2D eigenvalue weighted by Gasteiger charge is 2.42.